The lowest BCUT2D eigenvalue weighted by molar-refractivity contribution is 0.0942. The van der Waals surface area contributed by atoms with Crippen LogP contribution in [0.2, 0.25) is 0 Å². The number of nitrogens with zero attached hydrogens (tertiary/aromatic N) is 4. The molecular weight excluding hydrogens is 294 g/mol. The van der Waals surface area contributed by atoms with Crippen molar-refractivity contribution in [2.45, 2.75) is 20.4 Å². The van der Waals surface area contributed by atoms with Crippen molar-refractivity contribution in [3.8, 4) is 11.5 Å². The number of aryl methyl sites for hydroxylation is 2. The zero-order valence-corrected chi connectivity index (χ0v) is 12.1. The Hall–Kier alpha value is -2.55. The first-order valence-electron chi connectivity index (χ1n) is 6.08. The fourth-order valence-electron chi connectivity index (χ4n) is 1.62. The largest absolute Gasteiger partial charge is 0.361 e. The van der Waals surface area contributed by atoms with Crippen molar-refractivity contribution in [2.75, 3.05) is 0 Å². The third-order valence-corrected chi connectivity index (χ3v) is 3.35. The van der Waals surface area contributed by atoms with E-state index < -0.39 is 0 Å². The number of amides is 1. The van der Waals surface area contributed by atoms with Gasteiger partial charge in [-0.05, 0) is 13.8 Å². The highest BCUT2D eigenvalue weighted by molar-refractivity contribution is 7.09. The summed E-state index contributed by atoms with van der Waals surface area (Å²) in [6, 6.07) is 1.70. The highest BCUT2D eigenvalue weighted by atomic mass is 32.1. The van der Waals surface area contributed by atoms with Crippen LogP contribution in [-0.2, 0) is 6.54 Å². The van der Waals surface area contributed by atoms with Gasteiger partial charge in [-0.1, -0.05) is 10.3 Å². The van der Waals surface area contributed by atoms with Gasteiger partial charge >= 0.3 is 0 Å². The van der Waals surface area contributed by atoms with E-state index in [1.54, 1.807) is 18.4 Å². The lowest BCUT2D eigenvalue weighted by atomic mass is 10.4. The Labute approximate surface area is 123 Å². The second kappa shape index (κ2) is 5.44. The van der Waals surface area contributed by atoms with Crippen LogP contribution in [-0.4, -0.2) is 26.2 Å². The van der Waals surface area contributed by atoms with Crippen LogP contribution < -0.4 is 5.32 Å². The minimum atomic E-state index is -0.281. The number of carbonyl (C=O) groups is 1. The molecule has 3 aromatic rings. The van der Waals surface area contributed by atoms with E-state index in [0.29, 0.717) is 23.0 Å². The number of aromatic nitrogens is 4. The first-order valence-corrected chi connectivity index (χ1v) is 6.96. The minimum Gasteiger partial charge on any atom is -0.361 e. The summed E-state index contributed by atoms with van der Waals surface area (Å²) in [6.45, 7) is 3.73. The molecule has 1 N–H and O–H groups in total. The summed E-state index contributed by atoms with van der Waals surface area (Å²) in [5.74, 6) is 0.978. The topological polar surface area (TPSA) is 107 Å². The Morgan fingerprint density at radius 1 is 1.29 bits per heavy atom. The summed E-state index contributed by atoms with van der Waals surface area (Å²) in [5, 5.41) is 12.8. The fraction of sp³-hybridized carbons (Fsp3) is 0.250. The quantitative estimate of drug-likeness (QED) is 0.782. The summed E-state index contributed by atoms with van der Waals surface area (Å²) >= 11 is 1.42. The average Bonchev–Trinajstić information content (AvgIpc) is 3.16. The van der Waals surface area contributed by atoms with Gasteiger partial charge in [0, 0.05) is 11.4 Å². The van der Waals surface area contributed by atoms with Crippen molar-refractivity contribution in [3.63, 3.8) is 0 Å². The number of nitrogens with one attached hydrogen (secondary N) is 1. The molecule has 0 saturated carbocycles. The second-order valence-electron chi connectivity index (χ2n) is 4.27. The standard InChI is InChI=1S/C12H11N5O3S/c1-6-3-8(16-19-6)11-15-10(20-17-11)4-13-12(18)9-5-21-7(2)14-9/h3,5H,4H2,1-2H3,(H,13,18). The van der Waals surface area contributed by atoms with Gasteiger partial charge in [-0.3, -0.25) is 4.79 Å². The van der Waals surface area contributed by atoms with Gasteiger partial charge in [0.2, 0.25) is 11.7 Å². The van der Waals surface area contributed by atoms with Gasteiger partial charge in [-0.25, -0.2) is 4.98 Å². The summed E-state index contributed by atoms with van der Waals surface area (Å²) in [4.78, 5) is 20.1. The van der Waals surface area contributed by atoms with E-state index in [0.717, 1.165) is 5.01 Å². The Balaban J connectivity index is 1.64. The smallest absolute Gasteiger partial charge is 0.271 e. The Kier molecular flexibility index (Phi) is 3.48. The van der Waals surface area contributed by atoms with Crippen LogP contribution in [0, 0.1) is 13.8 Å². The van der Waals surface area contributed by atoms with Gasteiger partial charge < -0.3 is 14.4 Å². The molecule has 9 heteroatoms. The van der Waals surface area contributed by atoms with Gasteiger partial charge in [0.15, 0.2) is 5.69 Å². The van der Waals surface area contributed by atoms with Crippen LogP contribution >= 0.6 is 11.3 Å². The van der Waals surface area contributed by atoms with Crippen LogP contribution in [0.4, 0.5) is 0 Å². The summed E-state index contributed by atoms with van der Waals surface area (Å²) in [7, 11) is 0. The monoisotopic (exact) mass is 305 g/mol. The number of hydrogen-bond acceptors (Lipinski definition) is 8. The molecule has 21 heavy (non-hydrogen) atoms. The van der Waals surface area contributed by atoms with Crippen LogP contribution in [0.25, 0.3) is 11.5 Å². The number of thiazole rings is 1. The van der Waals surface area contributed by atoms with Crippen molar-refractivity contribution in [1.82, 2.24) is 25.6 Å². The van der Waals surface area contributed by atoms with Crippen LogP contribution in [0.5, 0.6) is 0 Å². The minimum absolute atomic E-state index is 0.124. The molecule has 3 heterocycles. The molecule has 1 amide bonds. The lowest BCUT2D eigenvalue weighted by Gasteiger charge is -1.97. The van der Waals surface area contributed by atoms with Crippen LogP contribution in [0.15, 0.2) is 20.5 Å². The number of rotatable bonds is 4. The molecule has 0 aliphatic heterocycles. The van der Waals surface area contributed by atoms with Gasteiger partial charge in [0.05, 0.1) is 11.6 Å². The third-order valence-electron chi connectivity index (χ3n) is 2.58. The molecule has 0 aliphatic rings. The first kappa shape index (κ1) is 13.4. The van der Waals surface area contributed by atoms with Gasteiger partial charge in [0.25, 0.3) is 5.91 Å². The van der Waals surface area contributed by atoms with E-state index in [1.165, 1.54) is 11.3 Å². The maximum atomic E-state index is 11.8. The molecule has 0 aromatic carbocycles. The normalized spacial score (nSPS) is 10.8. The van der Waals surface area contributed by atoms with E-state index in [4.69, 9.17) is 9.05 Å². The van der Waals surface area contributed by atoms with Crippen molar-refractivity contribution >= 4 is 17.2 Å². The molecule has 108 valence electrons. The predicted molar refractivity (Wildman–Crippen MR) is 72.6 cm³/mol. The molecule has 0 unspecified atom stereocenters. The molecule has 0 saturated heterocycles. The van der Waals surface area contributed by atoms with Crippen molar-refractivity contribution in [2.24, 2.45) is 0 Å². The Morgan fingerprint density at radius 2 is 2.14 bits per heavy atom. The van der Waals surface area contributed by atoms with Gasteiger partial charge in [0.1, 0.15) is 11.5 Å². The van der Waals surface area contributed by atoms with E-state index in [-0.39, 0.29) is 18.3 Å². The van der Waals surface area contributed by atoms with Crippen LogP contribution in [0.1, 0.15) is 27.1 Å². The molecule has 3 aromatic heterocycles. The fourth-order valence-corrected chi connectivity index (χ4v) is 2.21. The highest BCUT2D eigenvalue weighted by Crippen LogP contribution is 2.15. The van der Waals surface area contributed by atoms with Gasteiger partial charge in [-0.2, -0.15) is 4.98 Å². The Bertz CT molecular complexity index is 775. The SMILES string of the molecule is Cc1cc(-c2noc(CNC(=O)c3csc(C)n3)n2)no1. The van der Waals surface area contributed by atoms with E-state index >= 15 is 0 Å². The average molecular weight is 305 g/mol. The number of carbonyl (C=O) groups excluding carboxylic acids is 1. The Morgan fingerprint density at radius 3 is 2.81 bits per heavy atom. The zero-order chi connectivity index (χ0) is 14.8. The maximum absolute atomic E-state index is 11.8. The molecule has 8 nitrogen and oxygen atoms in total. The summed E-state index contributed by atoms with van der Waals surface area (Å²) in [6.07, 6.45) is 0. The maximum Gasteiger partial charge on any atom is 0.271 e. The molecule has 0 fully saturated rings. The van der Waals surface area contributed by atoms with E-state index in [9.17, 15) is 4.79 Å². The van der Waals surface area contributed by atoms with Crippen molar-refractivity contribution < 1.29 is 13.8 Å². The second-order valence-corrected chi connectivity index (χ2v) is 5.33. The van der Waals surface area contributed by atoms with E-state index in [1.807, 2.05) is 6.92 Å². The molecule has 0 bridgehead atoms. The zero-order valence-electron chi connectivity index (χ0n) is 11.3. The third kappa shape index (κ3) is 2.97. The van der Waals surface area contributed by atoms with E-state index in [2.05, 4.69) is 25.6 Å². The van der Waals surface area contributed by atoms with Crippen molar-refractivity contribution in [1.29, 1.82) is 0 Å². The molecule has 0 spiro atoms. The van der Waals surface area contributed by atoms with Gasteiger partial charge in [-0.15, -0.1) is 11.3 Å². The molecular formula is C12H11N5O3S. The lowest BCUT2D eigenvalue weighted by Crippen LogP contribution is -2.23. The summed E-state index contributed by atoms with van der Waals surface area (Å²) in [5.41, 5.74) is 0.869. The first-order chi connectivity index (χ1) is 10.1. The molecule has 0 atom stereocenters. The van der Waals surface area contributed by atoms with Crippen LogP contribution in [0.3, 0.4) is 0 Å². The highest BCUT2D eigenvalue weighted by Gasteiger charge is 2.14. The predicted octanol–water partition coefficient (Wildman–Crippen LogP) is 1.73. The number of hydrogen-bond donors (Lipinski definition) is 1. The van der Waals surface area contributed by atoms with Crippen molar-refractivity contribution in [3.05, 3.63) is 33.8 Å². The molecule has 3 rings (SSSR count). The molecule has 0 aliphatic carbocycles. The summed E-state index contributed by atoms with van der Waals surface area (Å²) < 4.78 is 9.98. The molecule has 0 radical (unpaired) electrons.